The molecule has 0 fully saturated rings. The normalized spacial score (nSPS) is 22.0. The molecule has 0 saturated heterocycles. The zero-order valence-corrected chi connectivity index (χ0v) is 33.4. The zero-order chi connectivity index (χ0) is 38.5. The van der Waals surface area contributed by atoms with Crippen LogP contribution >= 0.6 is 0 Å². The maximum atomic E-state index is 4.11. The topological polar surface area (TPSA) is 3.24 Å². The fourth-order valence-corrected chi connectivity index (χ4v) is 8.98. The van der Waals surface area contributed by atoms with E-state index in [1.807, 2.05) is 6.08 Å². The molecule has 3 atom stereocenters. The predicted molar refractivity (Wildman–Crippen MR) is 241 cm³/mol. The van der Waals surface area contributed by atoms with Gasteiger partial charge in [0, 0.05) is 23.2 Å². The van der Waals surface area contributed by atoms with E-state index in [1.165, 1.54) is 72.1 Å². The minimum Gasteiger partial charge on any atom is -0.341 e. The van der Waals surface area contributed by atoms with Gasteiger partial charge in [-0.25, -0.2) is 0 Å². The molecule has 280 valence electrons. The summed E-state index contributed by atoms with van der Waals surface area (Å²) in [6, 6.07) is 31.7. The Labute approximate surface area is 335 Å². The second-order valence-corrected chi connectivity index (χ2v) is 16.1. The van der Waals surface area contributed by atoms with Crippen LogP contribution in [0.15, 0.2) is 199 Å². The maximum Gasteiger partial charge on any atom is 0.0554 e. The lowest BCUT2D eigenvalue weighted by atomic mass is 9.73. The quantitative estimate of drug-likeness (QED) is 0.149. The largest absolute Gasteiger partial charge is 0.341 e. The molecule has 0 spiro atoms. The van der Waals surface area contributed by atoms with Crippen LogP contribution in [0, 0.1) is 12.3 Å². The Morgan fingerprint density at radius 2 is 1.71 bits per heavy atom. The molecular formula is C55H55N. The van der Waals surface area contributed by atoms with Crippen LogP contribution in [0.3, 0.4) is 0 Å². The van der Waals surface area contributed by atoms with Gasteiger partial charge in [0.25, 0.3) is 0 Å². The Bertz CT molecular complexity index is 2400. The molecule has 0 N–H and O–H groups in total. The maximum absolute atomic E-state index is 4.11. The first-order chi connectivity index (χ1) is 27.4. The Morgan fingerprint density at radius 1 is 0.857 bits per heavy atom. The SMILES string of the molecule is C=CC1=C(/C=C\N(C2=CCC(c3ccccc3)C=C2)C2C=CC(C3(C)C=CC(c4ccc5c(-c6ccccc6C)c(CCC)ccc5c4)=CC3)=CC2)C=CCC1. The van der Waals surface area contributed by atoms with Crippen molar-refractivity contribution in [3.05, 3.63) is 221 Å². The van der Waals surface area contributed by atoms with E-state index >= 15 is 0 Å². The van der Waals surface area contributed by atoms with Crippen LogP contribution < -0.4 is 0 Å². The Morgan fingerprint density at radius 3 is 2.45 bits per heavy atom. The lowest BCUT2D eigenvalue weighted by molar-refractivity contribution is 0.394. The van der Waals surface area contributed by atoms with Crippen LogP contribution in [0.4, 0.5) is 0 Å². The first kappa shape index (κ1) is 37.3. The molecule has 1 nitrogen and oxygen atoms in total. The van der Waals surface area contributed by atoms with E-state index in [0.29, 0.717) is 5.92 Å². The molecular weight excluding hydrogens is 675 g/mol. The number of rotatable bonds is 11. The van der Waals surface area contributed by atoms with Crippen molar-refractivity contribution < 1.29 is 0 Å². The molecule has 0 aromatic heterocycles. The smallest absolute Gasteiger partial charge is 0.0554 e. The molecule has 0 saturated carbocycles. The van der Waals surface area contributed by atoms with E-state index in [-0.39, 0.29) is 11.5 Å². The van der Waals surface area contributed by atoms with Gasteiger partial charge in [-0.05, 0) is 130 Å². The van der Waals surface area contributed by atoms with Gasteiger partial charge in [-0.3, -0.25) is 0 Å². The van der Waals surface area contributed by atoms with E-state index < -0.39 is 0 Å². The first-order valence-electron chi connectivity index (χ1n) is 20.8. The molecule has 4 aliphatic rings. The van der Waals surface area contributed by atoms with Crippen molar-refractivity contribution in [3.63, 3.8) is 0 Å². The summed E-state index contributed by atoms with van der Waals surface area (Å²) in [4.78, 5) is 2.48. The van der Waals surface area contributed by atoms with Crippen LogP contribution in [0.1, 0.15) is 80.5 Å². The first-order valence-corrected chi connectivity index (χ1v) is 20.8. The lowest BCUT2D eigenvalue weighted by Crippen LogP contribution is -2.30. The zero-order valence-electron chi connectivity index (χ0n) is 33.4. The van der Waals surface area contributed by atoms with Crippen LogP contribution in [0.2, 0.25) is 0 Å². The number of hydrogen-bond acceptors (Lipinski definition) is 1. The Balaban J connectivity index is 1.01. The molecule has 56 heavy (non-hydrogen) atoms. The summed E-state index contributed by atoms with van der Waals surface area (Å²) in [7, 11) is 0. The van der Waals surface area contributed by atoms with Crippen LogP contribution in [-0.4, -0.2) is 10.9 Å². The van der Waals surface area contributed by atoms with Gasteiger partial charge in [0.05, 0.1) is 6.04 Å². The number of allylic oxidation sites excluding steroid dienone is 15. The molecule has 4 aliphatic carbocycles. The average molecular weight is 730 g/mol. The number of nitrogens with zero attached hydrogens (tertiary/aromatic N) is 1. The highest BCUT2D eigenvalue weighted by molar-refractivity contribution is 6.00. The van der Waals surface area contributed by atoms with Gasteiger partial charge in [-0.1, -0.05) is 173 Å². The van der Waals surface area contributed by atoms with Gasteiger partial charge in [0.1, 0.15) is 0 Å². The minimum absolute atomic E-state index is 0.0426. The number of hydrogen-bond donors (Lipinski definition) is 0. The second kappa shape index (κ2) is 16.6. The van der Waals surface area contributed by atoms with Crippen molar-refractivity contribution in [2.45, 2.75) is 77.7 Å². The molecule has 0 radical (unpaired) electrons. The van der Waals surface area contributed by atoms with Crippen LogP contribution in [0.25, 0.3) is 27.5 Å². The van der Waals surface area contributed by atoms with E-state index in [0.717, 1.165) is 44.9 Å². The van der Waals surface area contributed by atoms with Crippen molar-refractivity contribution in [2.24, 2.45) is 5.41 Å². The van der Waals surface area contributed by atoms with Crippen molar-refractivity contribution in [1.29, 1.82) is 0 Å². The predicted octanol–water partition coefficient (Wildman–Crippen LogP) is 14.6. The molecule has 8 rings (SSSR count). The third-order valence-corrected chi connectivity index (χ3v) is 12.4. The third kappa shape index (κ3) is 7.74. The van der Waals surface area contributed by atoms with E-state index in [4.69, 9.17) is 0 Å². The summed E-state index contributed by atoms with van der Waals surface area (Å²) in [5, 5.41) is 2.65. The summed E-state index contributed by atoms with van der Waals surface area (Å²) < 4.78 is 0. The van der Waals surface area contributed by atoms with E-state index in [2.05, 4.69) is 196 Å². The minimum atomic E-state index is -0.0426. The molecule has 0 amide bonds. The van der Waals surface area contributed by atoms with Crippen molar-refractivity contribution in [2.75, 3.05) is 0 Å². The molecule has 4 aromatic carbocycles. The van der Waals surface area contributed by atoms with Crippen molar-refractivity contribution in [1.82, 2.24) is 4.90 Å². The summed E-state index contributed by atoms with van der Waals surface area (Å²) in [6.45, 7) is 11.0. The molecule has 0 heterocycles. The highest BCUT2D eigenvalue weighted by atomic mass is 15.1. The highest BCUT2D eigenvalue weighted by Gasteiger charge is 2.29. The Hall–Kier alpha value is -5.66. The number of fused-ring (bicyclic) bond motifs is 1. The van der Waals surface area contributed by atoms with Crippen LogP contribution in [-0.2, 0) is 6.42 Å². The second-order valence-electron chi connectivity index (χ2n) is 16.1. The number of aryl methyl sites for hydroxylation is 2. The number of benzene rings is 4. The van der Waals surface area contributed by atoms with Gasteiger partial charge >= 0.3 is 0 Å². The summed E-state index contributed by atoms with van der Waals surface area (Å²) >= 11 is 0. The molecule has 3 unspecified atom stereocenters. The van der Waals surface area contributed by atoms with E-state index in [9.17, 15) is 0 Å². The fraction of sp³-hybridized carbons (Fsp3) is 0.236. The third-order valence-electron chi connectivity index (χ3n) is 12.4. The highest BCUT2D eigenvalue weighted by Crippen LogP contribution is 2.43. The van der Waals surface area contributed by atoms with Crippen LogP contribution in [0.5, 0.6) is 0 Å². The van der Waals surface area contributed by atoms with Crippen molar-refractivity contribution in [3.8, 4) is 11.1 Å². The standard InChI is InChI=1S/C55H55N/c1-5-14-46-21-22-48-39-47(25-32-53(48)54(46)52-20-13-10-15-40(52)3)45-33-36-55(4,37-34-45)49-26-30-51(31-27-49)56(38-35-43-19-12-11-16-41(43)6-2)50-28-23-44(24-29-50)42-17-8-7-9-18-42/h6-10,12-13,15,17-23,25-30,32-36,38-39,44,51H,2,5,11,14,16,24,31,37H2,1,3-4H3/b38-35-. The molecule has 1 heteroatoms. The van der Waals surface area contributed by atoms with Gasteiger partial charge in [0.2, 0.25) is 0 Å². The molecule has 0 bridgehead atoms. The van der Waals surface area contributed by atoms with E-state index in [1.54, 1.807) is 0 Å². The van der Waals surface area contributed by atoms with Crippen molar-refractivity contribution >= 4 is 16.3 Å². The average Bonchev–Trinajstić information content (AvgIpc) is 3.25. The summed E-state index contributed by atoms with van der Waals surface area (Å²) in [6.07, 6.45) is 40.1. The fourth-order valence-electron chi connectivity index (χ4n) is 8.98. The Kier molecular flexibility index (Phi) is 11.0. The monoisotopic (exact) mass is 729 g/mol. The summed E-state index contributed by atoms with van der Waals surface area (Å²) in [5.74, 6) is 0.413. The van der Waals surface area contributed by atoms with Gasteiger partial charge in [-0.15, -0.1) is 0 Å². The lowest BCUT2D eigenvalue weighted by Gasteiger charge is -2.36. The molecule has 0 aliphatic heterocycles. The summed E-state index contributed by atoms with van der Waals surface area (Å²) in [5.41, 5.74) is 14.7. The van der Waals surface area contributed by atoms with Gasteiger partial charge < -0.3 is 4.90 Å². The van der Waals surface area contributed by atoms with Gasteiger partial charge in [0.15, 0.2) is 0 Å². The molecule has 4 aromatic rings. The van der Waals surface area contributed by atoms with Gasteiger partial charge in [-0.2, -0.15) is 0 Å².